The fourth-order valence-corrected chi connectivity index (χ4v) is 4.88. The fourth-order valence-electron chi connectivity index (χ4n) is 3.60. The minimum absolute atomic E-state index is 0.0370. The first kappa shape index (κ1) is 17.1. The van der Waals surface area contributed by atoms with Crippen LogP contribution in [0.1, 0.15) is 32.7 Å². The average molecular weight is 392 g/mol. The molecule has 1 atom stereocenters. The molecule has 0 N–H and O–H groups in total. The minimum Gasteiger partial charge on any atom is -0.310 e. The third-order valence-corrected chi connectivity index (χ3v) is 6.10. The lowest BCUT2D eigenvalue weighted by Gasteiger charge is -2.15. The van der Waals surface area contributed by atoms with E-state index in [1.807, 2.05) is 22.8 Å². The van der Waals surface area contributed by atoms with Crippen molar-refractivity contribution in [2.75, 3.05) is 0 Å². The number of benzene rings is 3. The minimum atomic E-state index is -0.567. The molecule has 2 heterocycles. The number of carbonyl (C=O) groups is 1. The second-order valence-electron chi connectivity index (χ2n) is 6.60. The van der Waals surface area contributed by atoms with Crippen molar-refractivity contribution in [2.45, 2.75) is 11.1 Å². The highest BCUT2D eigenvalue weighted by molar-refractivity contribution is 7.99. The van der Waals surface area contributed by atoms with Gasteiger partial charge in [-0.15, -0.1) is 11.8 Å². The summed E-state index contributed by atoms with van der Waals surface area (Å²) in [6.45, 7) is 0. The highest BCUT2D eigenvalue weighted by Gasteiger charge is 2.31. The van der Waals surface area contributed by atoms with Gasteiger partial charge in [-0.1, -0.05) is 36.4 Å². The smallest absolute Gasteiger partial charge is 0.193 e. The number of thioether (sulfide) groups is 1. The SMILES string of the molecule is O=C(c1ccccc1)c1ccc2c(c1)nc1n2C(c2c(F)cccc2F)SC1. The van der Waals surface area contributed by atoms with Gasteiger partial charge in [0, 0.05) is 11.1 Å². The summed E-state index contributed by atoms with van der Waals surface area (Å²) in [5.74, 6) is 0.0829. The Morgan fingerprint density at radius 2 is 1.71 bits per heavy atom. The second kappa shape index (κ2) is 6.56. The van der Waals surface area contributed by atoms with Crippen LogP contribution < -0.4 is 0 Å². The van der Waals surface area contributed by atoms with Crippen molar-refractivity contribution in [3.8, 4) is 0 Å². The van der Waals surface area contributed by atoms with E-state index in [2.05, 4.69) is 4.98 Å². The zero-order chi connectivity index (χ0) is 19.3. The summed E-state index contributed by atoms with van der Waals surface area (Å²) >= 11 is 1.43. The van der Waals surface area contributed by atoms with Crippen molar-refractivity contribution in [2.24, 2.45) is 0 Å². The van der Waals surface area contributed by atoms with Gasteiger partial charge in [0.2, 0.25) is 0 Å². The van der Waals surface area contributed by atoms with Gasteiger partial charge in [-0.25, -0.2) is 13.8 Å². The third-order valence-electron chi connectivity index (χ3n) is 4.91. The normalized spacial score (nSPS) is 15.7. The Morgan fingerprint density at radius 3 is 2.46 bits per heavy atom. The van der Waals surface area contributed by atoms with E-state index >= 15 is 0 Å². The lowest BCUT2D eigenvalue weighted by atomic mass is 10.0. The molecule has 28 heavy (non-hydrogen) atoms. The first-order valence-electron chi connectivity index (χ1n) is 8.79. The van der Waals surface area contributed by atoms with E-state index in [-0.39, 0.29) is 11.3 Å². The van der Waals surface area contributed by atoms with Gasteiger partial charge >= 0.3 is 0 Å². The zero-order valence-corrected chi connectivity index (χ0v) is 15.4. The van der Waals surface area contributed by atoms with Crippen LogP contribution in [0.2, 0.25) is 0 Å². The summed E-state index contributed by atoms with van der Waals surface area (Å²) in [6, 6.07) is 18.2. The van der Waals surface area contributed by atoms with Gasteiger partial charge in [0.15, 0.2) is 5.78 Å². The van der Waals surface area contributed by atoms with Crippen LogP contribution in [0, 0.1) is 11.6 Å². The summed E-state index contributed by atoms with van der Waals surface area (Å²) in [5, 5.41) is -0.517. The monoisotopic (exact) mass is 392 g/mol. The quantitative estimate of drug-likeness (QED) is 0.442. The predicted octanol–water partition coefficient (Wildman–Crippen LogP) is 5.34. The number of nitrogens with zero attached hydrogens (tertiary/aromatic N) is 2. The number of hydrogen-bond acceptors (Lipinski definition) is 3. The Bertz CT molecular complexity index is 1200. The largest absolute Gasteiger partial charge is 0.310 e. The highest BCUT2D eigenvalue weighted by atomic mass is 32.2. The van der Waals surface area contributed by atoms with Gasteiger partial charge in [-0.05, 0) is 30.3 Å². The standard InChI is InChI=1S/C22H14F2N2OS/c23-15-7-4-8-16(24)20(15)22-26-18-10-9-14(11-17(18)25-19(26)12-28-22)21(27)13-5-2-1-3-6-13/h1-11,22H,12H2. The maximum Gasteiger partial charge on any atom is 0.193 e. The molecular formula is C22H14F2N2OS. The molecule has 0 aliphatic carbocycles. The van der Waals surface area contributed by atoms with E-state index in [0.717, 1.165) is 11.3 Å². The molecule has 4 aromatic rings. The summed E-state index contributed by atoms with van der Waals surface area (Å²) in [4.78, 5) is 17.3. The van der Waals surface area contributed by atoms with E-state index in [1.54, 1.807) is 30.3 Å². The molecule has 3 nitrogen and oxygen atoms in total. The second-order valence-corrected chi connectivity index (χ2v) is 7.66. The number of fused-ring (bicyclic) bond motifs is 3. The molecule has 1 unspecified atom stereocenters. The molecule has 0 radical (unpaired) electrons. The number of halogens is 2. The Balaban J connectivity index is 1.60. The summed E-state index contributed by atoms with van der Waals surface area (Å²) in [6.07, 6.45) is 0. The van der Waals surface area contributed by atoms with E-state index in [0.29, 0.717) is 22.4 Å². The molecule has 3 aromatic carbocycles. The fraction of sp³-hybridized carbons (Fsp3) is 0.0909. The first-order valence-corrected chi connectivity index (χ1v) is 9.84. The summed E-state index contributed by atoms with van der Waals surface area (Å²) < 4.78 is 30.5. The van der Waals surface area contributed by atoms with Gasteiger partial charge in [-0.2, -0.15) is 0 Å². The zero-order valence-electron chi connectivity index (χ0n) is 14.6. The molecule has 1 aliphatic heterocycles. The van der Waals surface area contributed by atoms with Crippen LogP contribution in [0.4, 0.5) is 8.78 Å². The number of ketones is 1. The van der Waals surface area contributed by atoms with Gasteiger partial charge in [0.1, 0.15) is 22.8 Å². The Morgan fingerprint density at radius 1 is 0.964 bits per heavy atom. The number of imidazole rings is 1. The van der Waals surface area contributed by atoms with E-state index in [1.165, 1.54) is 30.0 Å². The van der Waals surface area contributed by atoms with Crippen LogP contribution in [0.5, 0.6) is 0 Å². The molecule has 0 amide bonds. The van der Waals surface area contributed by atoms with Crippen molar-refractivity contribution in [3.63, 3.8) is 0 Å². The maximum absolute atomic E-state index is 14.3. The highest BCUT2D eigenvalue weighted by Crippen LogP contribution is 2.44. The lowest BCUT2D eigenvalue weighted by molar-refractivity contribution is 0.103. The first-order chi connectivity index (χ1) is 13.6. The van der Waals surface area contributed by atoms with Crippen molar-refractivity contribution >= 4 is 28.6 Å². The third kappa shape index (κ3) is 2.64. The van der Waals surface area contributed by atoms with Crippen LogP contribution in [0.3, 0.4) is 0 Å². The van der Waals surface area contributed by atoms with Gasteiger partial charge < -0.3 is 4.57 Å². The Labute approximate surface area is 164 Å². The van der Waals surface area contributed by atoms with Gasteiger partial charge in [0.05, 0.1) is 22.3 Å². The van der Waals surface area contributed by atoms with Crippen LogP contribution in [0.15, 0.2) is 66.7 Å². The molecule has 1 aromatic heterocycles. The summed E-state index contributed by atoms with van der Waals surface area (Å²) in [5.41, 5.74) is 2.60. The van der Waals surface area contributed by atoms with Crippen LogP contribution >= 0.6 is 11.8 Å². The molecule has 0 fully saturated rings. The van der Waals surface area contributed by atoms with Gasteiger partial charge in [-0.3, -0.25) is 4.79 Å². The number of rotatable bonds is 3. The number of carbonyl (C=O) groups excluding carboxylic acids is 1. The molecule has 5 rings (SSSR count). The molecule has 0 spiro atoms. The Hall–Kier alpha value is -2.99. The topological polar surface area (TPSA) is 34.9 Å². The molecule has 0 saturated heterocycles. The molecule has 0 bridgehead atoms. The van der Waals surface area contributed by atoms with Crippen molar-refractivity contribution in [1.29, 1.82) is 0 Å². The van der Waals surface area contributed by atoms with Gasteiger partial charge in [0.25, 0.3) is 0 Å². The Kier molecular flexibility index (Phi) is 4.02. The van der Waals surface area contributed by atoms with Crippen molar-refractivity contribution in [3.05, 3.63) is 101 Å². The lowest BCUT2D eigenvalue weighted by Crippen LogP contribution is -2.08. The van der Waals surface area contributed by atoms with Crippen molar-refractivity contribution in [1.82, 2.24) is 9.55 Å². The maximum atomic E-state index is 14.3. The molecular weight excluding hydrogens is 378 g/mol. The predicted molar refractivity (Wildman–Crippen MR) is 105 cm³/mol. The molecule has 0 saturated carbocycles. The summed E-state index contributed by atoms with van der Waals surface area (Å²) in [7, 11) is 0. The van der Waals surface area contributed by atoms with E-state index in [9.17, 15) is 13.6 Å². The molecule has 1 aliphatic rings. The van der Waals surface area contributed by atoms with Crippen molar-refractivity contribution < 1.29 is 13.6 Å². The average Bonchev–Trinajstić information content (AvgIpc) is 3.27. The van der Waals surface area contributed by atoms with Crippen LogP contribution in [-0.4, -0.2) is 15.3 Å². The number of hydrogen-bond donors (Lipinski definition) is 0. The van der Waals surface area contributed by atoms with Crippen LogP contribution in [-0.2, 0) is 5.75 Å². The van der Waals surface area contributed by atoms with Crippen LogP contribution in [0.25, 0.3) is 11.0 Å². The van der Waals surface area contributed by atoms with E-state index in [4.69, 9.17) is 0 Å². The molecule has 138 valence electrons. The molecule has 6 heteroatoms. The number of aromatic nitrogens is 2. The van der Waals surface area contributed by atoms with E-state index < -0.39 is 17.0 Å².